The second kappa shape index (κ2) is 10.2. The Hall–Kier alpha value is -5.46. The van der Waals surface area contributed by atoms with Gasteiger partial charge in [0.1, 0.15) is 0 Å². The molecule has 42 heavy (non-hydrogen) atoms. The lowest BCUT2D eigenvalue weighted by molar-refractivity contribution is 1.61. The van der Waals surface area contributed by atoms with Crippen LogP contribution in [0.25, 0.3) is 76.8 Å². The van der Waals surface area contributed by atoms with E-state index in [1.165, 1.54) is 76.8 Å². The lowest BCUT2D eigenvalue weighted by Crippen LogP contribution is -1.88. The van der Waals surface area contributed by atoms with Crippen LogP contribution in [0.5, 0.6) is 0 Å². The molecule has 0 aliphatic rings. The molecule has 8 aromatic rings. The average molecular weight is 533 g/mol. The Kier molecular flexibility index (Phi) is 5.90. The molecule has 0 saturated carbocycles. The second-order valence-electron chi connectivity index (χ2n) is 11.0. The van der Waals surface area contributed by atoms with Gasteiger partial charge in [-0.25, -0.2) is 0 Å². The smallest absolute Gasteiger partial charge is 0.00987 e. The fourth-order valence-corrected chi connectivity index (χ4v) is 6.32. The van der Waals surface area contributed by atoms with Crippen LogP contribution in [0.15, 0.2) is 170 Å². The molecule has 0 saturated heterocycles. The normalized spacial score (nSPS) is 11.3. The highest BCUT2D eigenvalue weighted by molar-refractivity contribution is 6.09. The summed E-state index contributed by atoms with van der Waals surface area (Å²) in [5, 5.41) is 7.62. The first-order chi connectivity index (χ1) is 20.8. The summed E-state index contributed by atoms with van der Waals surface area (Å²) >= 11 is 0. The molecule has 0 heterocycles. The molecule has 196 valence electrons. The number of hydrogen-bond donors (Lipinski definition) is 0. The molecule has 0 radical (unpaired) electrons. The third kappa shape index (κ3) is 4.26. The standard InChI is InChI=1S/C42H28/c1-2-9-29(10-3-1)33-21-23-36-28-34(22-24-35(36)27-33)30-17-19-32(20-18-30)38-25-26-42(41-15-7-6-14-39(38)41)40-16-8-12-31-11-4-5-13-37(31)40/h1-28H. The summed E-state index contributed by atoms with van der Waals surface area (Å²) < 4.78 is 0. The van der Waals surface area contributed by atoms with Crippen molar-refractivity contribution in [3.8, 4) is 44.5 Å². The van der Waals surface area contributed by atoms with E-state index in [1.807, 2.05) is 0 Å². The van der Waals surface area contributed by atoms with Crippen molar-refractivity contribution in [3.05, 3.63) is 170 Å². The first-order valence-electron chi connectivity index (χ1n) is 14.5. The van der Waals surface area contributed by atoms with Crippen molar-refractivity contribution in [3.63, 3.8) is 0 Å². The summed E-state index contributed by atoms with van der Waals surface area (Å²) in [6.07, 6.45) is 0. The van der Waals surface area contributed by atoms with Crippen molar-refractivity contribution in [1.29, 1.82) is 0 Å². The molecule has 8 rings (SSSR count). The highest BCUT2D eigenvalue weighted by Crippen LogP contribution is 2.39. The van der Waals surface area contributed by atoms with Gasteiger partial charge in [-0.2, -0.15) is 0 Å². The van der Waals surface area contributed by atoms with E-state index < -0.39 is 0 Å². The van der Waals surface area contributed by atoms with E-state index in [-0.39, 0.29) is 0 Å². The summed E-state index contributed by atoms with van der Waals surface area (Å²) in [5.41, 5.74) is 9.99. The van der Waals surface area contributed by atoms with Gasteiger partial charge in [-0.15, -0.1) is 0 Å². The van der Waals surface area contributed by atoms with Gasteiger partial charge in [-0.05, 0) is 89.0 Å². The molecule has 0 N–H and O–H groups in total. The van der Waals surface area contributed by atoms with Gasteiger partial charge in [0.15, 0.2) is 0 Å². The van der Waals surface area contributed by atoms with Crippen LogP contribution in [-0.4, -0.2) is 0 Å². The minimum absolute atomic E-state index is 1.23. The molecular weight excluding hydrogens is 504 g/mol. The molecule has 0 aromatic heterocycles. The van der Waals surface area contributed by atoms with E-state index in [2.05, 4.69) is 170 Å². The first-order valence-corrected chi connectivity index (χ1v) is 14.5. The highest BCUT2D eigenvalue weighted by atomic mass is 14.2. The van der Waals surface area contributed by atoms with Crippen LogP contribution >= 0.6 is 0 Å². The third-order valence-electron chi connectivity index (χ3n) is 8.48. The summed E-state index contributed by atoms with van der Waals surface area (Å²) in [4.78, 5) is 0. The van der Waals surface area contributed by atoms with Crippen LogP contribution in [0.4, 0.5) is 0 Å². The van der Waals surface area contributed by atoms with Gasteiger partial charge in [0.25, 0.3) is 0 Å². The number of hydrogen-bond acceptors (Lipinski definition) is 0. The molecule has 0 aliphatic heterocycles. The molecule has 0 fully saturated rings. The first kappa shape index (κ1) is 24.3. The number of benzene rings is 8. The van der Waals surface area contributed by atoms with Crippen molar-refractivity contribution >= 4 is 32.3 Å². The van der Waals surface area contributed by atoms with Crippen molar-refractivity contribution in [2.75, 3.05) is 0 Å². The molecule has 0 aliphatic carbocycles. The van der Waals surface area contributed by atoms with Gasteiger partial charge in [0.05, 0.1) is 0 Å². The van der Waals surface area contributed by atoms with Gasteiger partial charge in [0.2, 0.25) is 0 Å². The maximum absolute atomic E-state index is 2.30. The van der Waals surface area contributed by atoms with E-state index in [0.29, 0.717) is 0 Å². The molecule has 0 spiro atoms. The van der Waals surface area contributed by atoms with Crippen molar-refractivity contribution < 1.29 is 0 Å². The van der Waals surface area contributed by atoms with Gasteiger partial charge < -0.3 is 0 Å². The average Bonchev–Trinajstić information content (AvgIpc) is 3.07. The Bertz CT molecular complexity index is 2220. The summed E-state index contributed by atoms with van der Waals surface area (Å²) in [7, 11) is 0. The largest absolute Gasteiger partial charge is 0.0622 e. The second-order valence-corrected chi connectivity index (χ2v) is 11.0. The Morgan fingerprint density at radius 3 is 1.40 bits per heavy atom. The van der Waals surface area contributed by atoms with Crippen LogP contribution in [0.3, 0.4) is 0 Å². The zero-order valence-corrected chi connectivity index (χ0v) is 23.2. The van der Waals surface area contributed by atoms with Gasteiger partial charge >= 0.3 is 0 Å². The summed E-state index contributed by atoms with van der Waals surface area (Å²) in [5.74, 6) is 0. The zero-order chi connectivity index (χ0) is 27.9. The maximum Gasteiger partial charge on any atom is -0.00987 e. The topological polar surface area (TPSA) is 0 Å². The molecule has 0 heteroatoms. The number of rotatable bonds is 4. The van der Waals surface area contributed by atoms with Crippen LogP contribution in [0, 0.1) is 0 Å². The zero-order valence-electron chi connectivity index (χ0n) is 23.2. The van der Waals surface area contributed by atoms with Gasteiger partial charge in [-0.3, -0.25) is 0 Å². The quantitative estimate of drug-likeness (QED) is 0.211. The predicted molar refractivity (Wildman–Crippen MR) is 181 cm³/mol. The van der Waals surface area contributed by atoms with Crippen molar-refractivity contribution in [1.82, 2.24) is 0 Å². The monoisotopic (exact) mass is 532 g/mol. The summed E-state index contributed by atoms with van der Waals surface area (Å²) in [6.45, 7) is 0. The Balaban J connectivity index is 1.15. The van der Waals surface area contributed by atoms with Gasteiger partial charge in [0, 0.05) is 0 Å². The van der Waals surface area contributed by atoms with Crippen LogP contribution in [0.1, 0.15) is 0 Å². The van der Waals surface area contributed by atoms with Crippen molar-refractivity contribution in [2.45, 2.75) is 0 Å². The molecule has 0 amide bonds. The molecule has 0 atom stereocenters. The van der Waals surface area contributed by atoms with E-state index in [1.54, 1.807) is 0 Å². The van der Waals surface area contributed by atoms with Crippen LogP contribution in [0.2, 0.25) is 0 Å². The van der Waals surface area contributed by atoms with E-state index >= 15 is 0 Å². The molecule has 0 unspecified atom stereocenters. The molecule has 0 bridgehead atoms. The van der Waals surface area contributed by atoms with Crippen molar-refractivity contribution in [2.24, 2.45) is 0 Å². The summed E-state index contributed by atoms with van der Waals surface area (Å²) in [6, 6.07) is 61.7. The molecule has 8 aromatic carbocycles. The molecule has 0 nitrogen and oxygen atoms in total. The van der Waals surface area contributed by atoms with Crippen LogP contribution < -0.4 is 0 Å². The van der Waals surface area contributed by atoms with Crippen LogP contribution in [-0.2, 0) is 0 Å². The predicted octanol–water partition coefficient (Wildman–Crippen LogP) is 11.8. The van der Waals surface area contributed by atoms with E-state index in [4.69, 9.17) is 0 Å². The lowest BCUT2D eigenvalue weighted by Gasteiger charge is -2.14. The maximum atomic E-state index is 2.30. The number of fused-ring (bicyclic) bond motifs is 3. The Morgan fingerprint density at radius 1 is 0.214 bits per heavy atom. The Morgan fingerprint density at radius 2 is 0.690 bits per heavy atom. The SMILES string of the molecule is c1ccc(-c2ccc3cc(-c4ccc(-c5ccc(-c6cccc7ccccc67)c6ccccc56)cc4)ccc3c2)cc1. The van der Waals surface area contributed by atoms with E-state index in [9.17, 15) is 0 Å². The Labute approximate surface area is 246 Å². The van der Waals surface area contributed by atoms with Gasteiger partial charge in [-0.1, -0.05) is 158 Å². The molecular formula is C42H28. The fraction of sp³-hybridized carbons (Fsp3) is 0. The third-order valence-corrected chi connectivity index (χ3v) is 8.48. The minimum Gasteiger partial charge on any atom is -0.0622 e. The lowest BCUT2D eigenvalue weighted by atomic mass is 9.89. The fourth-order valence-electron chi connectivity index (χ4n) is 6.32. The van der Waals surface area contributed by atoms with E-state index in [0.717, 1.165) is 0 Å². The highest BCUT2D eigenvalue weighted by Gasteiger charge is 2.12. The minimum atomic E-state index is 1.23.